The zero-order chi connectivity index (χ0) is 16.4. The van der Waals surface area contributed by atoms with Crippen LogP contribution in [0.2, 0.25) is 0 Å². The Labute approximate surface area is 134 Å². The van der Waals surface area contributed by atoms with Gasteiger partial charge >= 0.3 is 0 Å². The normalized spacial score (nSPS) is 21.3. The van der Waals surface area contributed by atoms with Crippen LogP contribution in [0.3, 0.4) is 0 Å². The predicted molar refractivity (Wildman–Crippen MR) is 82.9 cm³/mol. The smallest absolute Gasteiger partial charge is 0.270 e. The number of carbonyl (C=O) groups excluding carboxylic acids is 1. The molecule has 1 atom stereocenters. The van der Waals surface area contributed by atoms with E-state index in [-0.39, 0.29) is 24.0 Å². The second-order valence-corrected chi connectivity index (χ2v) is 5.86. The average molecular weight is 316 g/mol. The third kappa shape index (κ3) is 3.34. The molecule has 122 valence electrons. The van der Waals surface area contributed by atoms with Gasteiger partial charge in [-0.1, -0.05) is 0 Å². The minimum atomic E-state index is -0.286. The zero-order valence-electron chi connectivity index (χ0n) is 13.1. The number of nitrogens with one attached hydrogen (secondary N) is 1. The number of aromatic nitrogens is 3. The first kappa shape index (κ1) is 15.5. The Hall–Kier alpha value is -2.41. The van der Waals surface area contributed by atoms with Gasteiger partial charge in [-0.2, -0.15) is 5.10 Å². The summed E-state index contributed by atoms with van der Waals surface area (Å²) in [5, 5.41) is 16.8. The highest BCUT2D eigenvalue weighted by atomic mass is 16.5. The van der Waals surface area contributed by atoms with Crippen LogP contribution in [0.4, 0.5) is 0 Å². The van der Waals surface area contributed by atoms with Crippen LogP contribution in [0.1, 0.15) is 34.9 Å². The molecule has 1 fully saturated rings. The van der Waals surface area contributed by atoms with Crippen LogP contribution in [0.25, 0.3) is 0 Å². The van der Waals surface area contributed by atoms with Gasteiger partial charge in [0.1, 0.15) is 11.4 Å². The highest BCUT2D eigenvalue weighted by Gasteiger charge is 2.36. The minimum Gasteiger partial charge on any atom is -0.497 e. The SMILES string of the molecule is COc1ccnc(C(=O)N[C@@H](c2cnn(C)c2)C2CC(O)C2)c1. The Kier molecular flexibility index (Phi) is 4.29. The molecule has 1 saturated carbocycles. The van der Waals surface area contributed by atoms with Crippen molar-refractivity contribution >= 4 is 5.91 Å². The molecule has 1 aliphatic rings. The highest BCUT2D eigenvalue weighted by Crippen LogP contribution is 2.38. The molecule has 3 rings (SSSR count). The van der Waals surface area contributed by atoms with Crippen molar-refractivity contribution in [2.24, 2.45) is 13.0 Å². The summed E-state index contributed by atoms with van der Waals surface area (Å²) in [4.78, 5) is 16.6. The largest absolute Gasteiger partial charge is 0.497 e. The summed E-state index contributed by atoms with van der Waals surface area (Å²) in [6.07, 6.45) is 6.23. The molecule has 0 unspecified atom stereocenters. The first-order chi connectivity index (χ1) is 11.1. The number of aryl methyl sites for hydroxylation is 1. The van der Waals surface area contributed by atoms with Crippen molar-refractivity contribution in [3.8, 4) is 5.75 Å². The van der Waals surface area contributed by atoms with Gasteiger partial charge in [0.25, 0.3) is 5.91 Å². The average Bonchev–Trinajstić information content (AvgIpc) is 2.96. The first-order valence-corrected chi connectivity index (χ1v) is 7.54. The summed E-state index contributed by atoms with van der Waals surface area (Å²) in [5.41, 5.74) is 1.23. The van der Waals surface area contributed by atoms with Gasteiger partial charge in [0.2, 0.25) is 0 Å². The van der Waals surface area contributed by atoms with Gasteiger partial charge in [-0.05, 0) is 24.8 Å². The summed E-state index contributed by atoms with van der Waals surface area (Å²) >= 11 is 0. The third-order valence-corrected chi connectivity index (χ3v) is 4.19. The van der Waals surface area contributed by atoms with Gasteiger partial charge in [0, 0.05) is 31.1 Å². The van der Waals surface area contributed by atoms with Crippen LogP contribution in [0.5, 0.6) is 5.75 Å². The fraction of sp³-hybridized carbons (Fsp3) is 0.438. The summed E-state index contributed by atoms with van der Waals surface area (Å²) in [6.45, 7) is 0. The van der Waals surface area contributed by atoms with Gasteiger partial charge in [0.05, 0.1) is 25.5 Å². The molecule has 2 heterocycles. The molecule has 0 saturated heterocycles. The fourth-order valence-electron chi connectivity index (χ4n) is 2.85. The maximum atomic E-state index is 12.5. The Balaban J connectivity index is 1.78. The number of pyridine rings is 1. The van der Waals surface area contributed by atoms with Crippen molar-refractivity contribution in [2.75, 3.05) is 7.11 Å². The number of ether oxygens (including phenoxy) is 1. The predicted octanol–water partition coefficient (Wildman–Crippen LogP) is 1.07. The molecule has 2 aromatic rings. The number of rotatable bonds is 5. The third-order valence-electron chi connectivity index (χ3n) is 4.19. The van der Waals surface area contributed by atoms with Crippen molar-refractivity contribution in [3.05, 3.63) is 42.0 Å². The van der Waals surface area contributed by atoms with Gasteiger partial charge in [-0.3, -0.25) is 14.5 Å². The summed E-state index contributed by atoms with van der Waals surface area (Å²) in [7, 11) is 3.38. The van der Waals surface area contributed by atoms with Crippen LogP contribution < -0.4 is 10.1 Å². The Bertz CT molecular complexity index is 694. The van der Waals surface area contributed by atoms with Crippen LogP contribution in [0, 0.1) is 5.92 Å². The number of carbonyl (C=O) groups is 1. The van der Waals surface area contributed by atoms with Crippen LogP contribution in [-0.4, -0.2) is 39.0 Å². The van der Waals surface area contributed by atoms with E-state index in [0.29, 0.717) is 24.3 Å². The van der Waals surface area contributed by atoms with E-state index in [4.69, 9.17) is 4.74 Å². The lowest BCUT2D eigenvalue weighted by atomic mass is 9.75. The Morgan fingerprint density at radius 1 is 1.52 bits per heavy atom. The van der Waals surface area contributed by atoms with E-state index in [0.717, 1.165) is 5.56 Å². The van der Waals surface area contributed by atoms with Crippen LogP contribution in [-0.2, 0) is 7.05 Å². The molecule has 1 amide bonds. The molecule has 0 aromatic carbocycles. The number of methoxy groups -OCH3 is 1. The van der Waals surface area contributed by atoms with Crippen molar-refractivity contribution in [2.45, 2.75) is 25.0 Å². The molecule has 0 radical (unpaired) electrons. The maximum Gasteiger partial charge on any atom is 0.270 e. The number of amides is 1. The Morgan fingerprint density at radius 3 is 2.91 bits per heavy atom. The highest BCUT2D eigenvalue weighted by molar-refractivity contribution is 5.92. The molecule has 7 heteroatoms. The number of hydrogen-bond donors (Lipinski definition) is 2. The first-order valence-electron chi connectivity index (χ1n) is 7.54. The molecular weight excluding hydrogens is 296 g/mol. The second-order valence-electron chi connectivity index (χ2n) is 5.86. The number of aliphatic hydroxyl groups excluding tert-OH is 1. The summed E-state index contributed by atoms with van der Waals surface area (Å²) in [5.74, 6) is 0.519. The molecule has 1 aliphatic carbocycles. The lowest BCUT2D eigenvalue weighted by Gasteiger charge is -2.37. The lowest BCUT2D eigenvalue weighted by molar-refractivity contribution is 0.0234. The number of hydrogen-bond acceptors (Lipinski definition) is 5. The van der Waals surface area contributed by atoms with E-state index in [1.165, 1.54) is 0 Å². The van der Waals surface area contributed by atoms with Crippen molar-refractivity contribution in [3.63, 3.8) is 0 Å². The summed E-state index contributed by atoms with van der Waals surface area (Å²) < 4.78 is 6.83. The van der Waals surface area contributed by atoms with E-state index < -0.39 is 0 Å². The molecule has 0 bridgehead atoms. The number of nitrogens with zero attached hydrogens (tertiary/aromatic N) is 3. The van der Waals surface area contributed by atoms with E-state index in [1.54, 1.807) is 36.3 Å². The van der Waals surface area contributed by atoms with Crippen LogP contribution in [0.15, 0.2) is 30.7 Å². The number of aliphatic hydroxyl groups is 1. The van der Waals surface area contributed by atoms with Gasteiger partial charge in [0.15, 0.2) is 0 Å². The quantitative estimate of drug-likeness (QED) is 0.861. The van der Waals surface area contributed by atoms with Gasteiger partial charge in [-0.25, -0.2) is 0 Å². The monoisotopic (exact) mass is 316 g/mol. The molecule has 2 aromatic heterocycles. The van der Waals surface area contributed by atoms with Gasteiger partial charge < -0.3 is 15.2 Å². The van der Waals surface area contributed by atoms with E-state index >= 15 is 0 Å². The lowest BCUT2D eigenvalue weighted by Crippen LogP contribution is -2.41. The van der Waals surface area contributed by atoms with Crippen molar-refractivity contribution in [1.82, 2.24) is 20.1 Å². The molecule has 7 nitrogen and oxygen atoms in total. The van der Waals surface area contributed by atoms with E-state index in [2.05, 4.69) is 15.4 Å². The zero-order valence-corrected chi connectivity index (χ0v) is 13.1. The van der Waals surface area contributed by atoms with Crippen LogP contribution >= 0.6 is 0 Å². The second kappa shape index (κ2) is 6.37. The molecule has 2 N–H and O–H groups in total. The minimum absolute atomic E-state index is 0.187. The molecule has 0 aliphatic heterocycles. The van der Waals surface area contributed by atoms with Gasteiger partial charge in [-0.15, -0.1) is 0 Å². The molecular formula is C16H20N4O3. The van der Waals surface area contributed by atoms with E-state index in [1.807, 2.05) is 13.2 Å². The van der Waals surface area contributed by atoms with E-state index in [9.17, 15) is 9.90 Å². The van der Waals surface area contributed by atoms with Crippen molar-refractivity contribution < 1.29 is 14.6 Å². The fourth-order valence-corrected chi connectivity index (χ4v) is 2.85. The summed E-state index contributed by atoms with van der Waals surface area (Å²) in [6, 6.07) is 3.11. The van der Waals surface area contributed by atoms with Crippen molar-refractivity contribution in [1.29, 1.82) is 0 Å². The topological polar surface area (TPSA) is 89.3 Å². The standard InChI is InChI=1S/C16H20N4O3/c1-20-9-11(8-18-20)15(10-5-12(21)6-10)19-16(22)14-7-13(23-2)3-4-17-14/h3-4,7-10,12,15,21H,5-6H2,1-2H3,(H,19,22)/t10?,12?,15-/m1/s1. The molecule has 0 spiro atoms. The maximum absolute atomic E-state index is 12.5. The molecule has 23 heavy (non-hydrogen) atoms. The Morgan fingerprint density at radius 2 is 2.30 bits per heavy atom.